The normalized spacial score (nSPS) is 18.8. The number of rotatable bonds is 14. The first-order valence-electron chi connectivity index (χ1n) is 17.7. The van der Waals surface area contributed by atoms with Gasteiger partial charge < -0.3 is 33.7 Å². The fourth-order valence-electron chi connectivity index (χ4n) is 5.27. The quantitative estimate of drug-likeness (QED) is 0.128. The van der Waals surface area contributed by atoms with Crippen molar-refractivity contribution >= 4 is 28.1 Å². The number of carbonyl (C=O) groups is 3. The molecule has 2 aromatic carbocycles. The average Bonchev–Trinajstić information content (AvgIpc) is 3.29. The van der Waals surface area contributed by atoms with E-state index in [1.165, 1.54) is 12.1 Å². The van der Waals surface area contributed by atoms with Crippen LogP contribution in [0.2, 0.25) is 0 Å². The van der Waals surface area contributed by atoms with Gasteiger partial charge in [0, 0.05) is 0 Å². The van der Waals surface area contributed by atoms with Crippen LogP contribution in [0.25, 0.3) is 0 Å². The predicted octanol–water partition coefficient (Wildman–Crippen LogP) is 6.42. The second-order valence-corrected chi connectivity index (χ2v) is 18.2. The number of hydrogen-bond donors (Lipinski definition) is 1. The summed E-state index contributed by atoms with van der Waals surface area (Å²) in [6.45, 7) is 20.6. The van der Waals surface area contributed by atoms with E-state index in [4.69, 9.17) is 32.6 Å². The Bertz CT molecular complexity index is 1650. The standard InChI is InChI=1S/C39H57NO12S/c1-25-13-19-29(20-14-25)53(44,45)47-24-32-31(48-39(11,12)49-32)23-46-28-17-15-26(16-18-28)21-27(33(41)50-36(2,3)4)22-30(34(42)51-37(5,6)7)40-35(43)52-38(8,9)10/h13-20,27,30-32H,21-24H2,1-12H3,(H,40,43)/t27-,30-,31-,32-/m0/s1. The molecule has 53 heavy (non-hydrogen) atoms. The molecular formula is C39H57NO12S. The first-order valence-corrected chi connectivity index (χ1v) is 19.1. The van der Waals surface area contributed by atoms with E-state index in [-0.39, 0.29) is 31.0 Å². The van der Waals surface area contributed by atoms with Crippen molar-refractivity contribution in [3.8, 4) is 5.75 Å². The van der Waals surface area contributed by atoms with Crippen LogP contribution in [0, 0.1) is 12.8 Å². The summed E-state index contributed by atoms with van der Waals surface area (Å²) in [6, 6.07) is 12.2. The molecule has 1 N–H and O–H groups in total. The van der Waals surface area contributed by atoms with Crippen LogP contribution in [0.15, 0.2) is 53.4 Å². The minimum absolute atomic E-state index is 0.0375. The van der Waals surface area contributed by atoms with E-state index in [2.05, 4.69) is 5.32 Å². The van der Waals surface area contributed by atoms with Crippen molar-refractivity contribution in [2.45, 2.75) is 142 Å². The molecule has 0 saturated carbocycles. The summed E-state index contributed by atoms with van der Waals surface area (Å²) in [5.41, 5.74) is -0.809. The number of alkyl carbamates (subject to hydrolysis) is 1. The number of esters is 2. The maximum absolute atomic E-state index is 13.5. The summed E-state index contributed by atoms with van der Waals surface area (Å²) in [4.78, 5) is 39.6. The lowest BCUT2D eigenvalue weighted by atomic mass is 9.92. The molecule has 13 nitrogen and oxygen atoms in total. The second kappa shape index (κ2) is 17.2. The van der Waals surface area contributed by atoms with Gasteiger partial charge in [0.25, 0.3) is 10.1 Å². The average molecular weight is 764 g/mol. The first kappa shape index (κ1) is 43.7. The Labute approximate surface area is 314 Å². The first-order chi connectivity index (χ1) is 24.2. The molecule has 1 heterocycles. The van der Waals surface area contributed by atoms with E-state index < -0.39 is 74.9 Å². The Kier molecular flexibility index (Phi) is 14.2. The van der Waals surface area contributed by atoms with Crippen LogP contribution in [0.3, 0.4) is 0 Å². The third-order valence-electron chi connectivity index (χ3n) is 7.44. The fourth-order valence-corrected chi connectivity index (χ4v) is 6.19. The number of aryl methyl sites for hydroxylation is 1. The predicted molar refractivity (Wildman–Crippen MR) is 197 cm³/mol. The highest BCUT2D eigenvalue weighted by atomic mass is 32.2. The van der Waals surface area contributed by atoms with Gasteiger partial charge in [0.2, 0.25) is 0 Å². The molecule has 4 atom stereocenters. The highest BCUT2D eigenvalue weighted by molar-refractivity contribution is 7.86. The van der Waals surface area contributed by atoms with Gasteiger partial charge in [0.05, 0.1) is 17.4 Å². The van der Waals surface area contributed by atoms with Crippen molar-refractivity contribution in [2.75, 3.05) is 13.2 Å². The Morgan fingerprint density at radius 3 is 1.79 bits per heavy atom. The Morgan fingerprint density at radius 1 is 0.755 bits per heavy atom. The van der Waals surface area contributed by atoms with Crippen LogP contribution in [-0.2, 0) is 54.0 Å². The van der Waals surface area contributed by atoms with Gasteiger partial charge in [-0.15, -0.1) is 0 Å². The molecule has 0 unspecified atom stereocenters. The number of amides is 1. The fraction of sp³-hybridized carbons (Fsp3) is 0.615. The lowest BCUT2D eigenvalue weighted by molar-refractivity contribution is -0.162. The third kappa shape index (κ3) is 15.3. The molecule has 1 fully saturated rings. The lowest BCUT2D eigenvalue weighted by Crippen LogP contribution is -2.48. The number of hydrogen-bond acceptors (Lipinski definition) is 12. The minimum Gasteiger partial charge on any atom is -0.491 e. The molecular weight excluding hydrogens is 706 g/mol. The molecule has 1 aliphatic rings. The van der Waals surface area contributed by atoms with E-state index >= 15 is 0 Å². The van der Waals surface area contributed by atoms with Gasteiger partial charge in [-0.25, -0.2) is 9.59 Å². The SMILES string of the molecule is Cc1ccc(S(=O)(=O)OC[C@@H]2OC(C)(C)O[C@H]2COc2ccc(C[C@@H](C[C@H](NC(=O)OC(C)(C)C)C(=O)OC(C)(C)C)C(=O)OC(C)(C)C)cc2)cc1. The van der Waals surface area contributed by atoms with E-state index in [0.29, 0.717) is 5.75 Å². The van der Waals surface area contributed by atoms with Crippen LogP contribution in [0.5, 0.6) is 5.75 Å². The molecule has 0 radical (unpaired) electrons. The molecule has 14 heteroatoms. The van der Waals surface area contributed by atoms with Gasteiger partial charge in [-0.2, -0.15) is 8.42 Å². The van der Waals surface area contributed by atoms with Crippen molar-refractivity contribution in [1.29, 1.82) is 0 Å². The zero-order chi connectivity index (χ0) is 40.0. The van der Waals surface area contributed by atoms with E-state index in [0.717, 1.165) is 11.1 Å². The summed E-state index contributed by atoms with van der Waals surface area (Å²) >= 11 is 0. The number of carbonyl (C=O) groups excluding carboxylic acids is 3. The minimum atomic E-state index is -4.02. The number of benzene rings is 2. The monoisotopic (exact) mass is 763 g/mol. The molecule has 1 amide bonds. The van der Waals surface area contributed by atoms with Crippen molar-refractivity contribution in [3.05, 3.63) is 59.7 Å². The highest BCUT2D eigenvalue weighted by Gasteiger charge is 2.43. The molecule has 3 rings (SSSR count). The van der Waals surface area contributed by atoms with Crippen molar-refractivity contribution in [3.63, 3.8) is 0 Å². The van der Waals surface area contributed by atoms with Crippen molar-refractivity contribution < 1.29 is 55.4 Å². The van der Waals surface area contributed by atoms with Crippen molar-refractivity contribution in [2.24, 2.45) is 5.92 Å². The van der Waals surface area contributed by atoms with Crippen LogP contribution in [-0.4, -0.2) is 80.5 Å². The van der Waals surface area contributed by atoms with Crippen LogP contribution < -0.4 is 10.1 Å². The Balaban J connectivity index is 1.73. The summed E-state index contributed by atoms with van der Waals surface area (Å²) in [7, 11) is -4.02. The van der Waals surface area contributed by atoms with E-state index in [1.54, 1.807) is 113 Å². The van der Waals surface area contributed by atoms with Crippen LogP contribution in [0.1, 0.15) is 93.7 Å². The Hall–Kier alpha value is -3.72. The maximum Gasteiger partial charge on any atom is 0.408 e. The maximum atomic E-state index is 13.5. The summed E-state index contributed by atoms with van der Waals surface area (Å²) in [5, 5.41) is 2.59. The summed E-state index contributed by atoms with van der Waals surface area (Å²) in [5.74, 6) is -2.61. The molecule has 0 aromatic heterocycles. The molecule has 2 aromatic rings. The second-order valence-electron chi connectivity index (χ2n) is 16.6. The zero-order valence-corrected chi connectivity index (χ0v) is 33.9. The third-order valence-corrected chi connectivity index (χ3v) is 8.74. The number of nitrogens with one attached hydrogen (secondary N) is 1. The van der Waals surface area contributed by atoms with Crippen molar-refractivity contribution in [1.82, 2.24) is 5.32 Å². The van der Waals surface area contributed by atoms with Gasteiger partial charge in [-0.3, -0.25) is 8.98 Å². The van der Waals surface area contributed by atoms with Crippen LogP contribution in [0.4, 0.5) is 4.79 Å². The molecule has 0 spiro atoms. The van der Waals surface area contributed by atoms with E-state index in [9.17, 15) is 22.8 Å². The van der Waals surface area contributed by atoms with Crippen LogP contribution >= 0.6 is 0 Å². The zero-order valence-electron chi connectivity index (χ0n) is 33.1. The largest absolute Gasteiger partial charge is 0.491 e. The Morgan fingerprint density at radius 2 is 1.26 bits per heavy atom. The molecule has 1 saturated heterocycles. The number of ether oxygens (including phenoxy) is 6. The summed E-state index contributed by atoms with van der Waals surface area (Å²) in [6.07, 6.45) is -2.13. The summed E-state index contributed by atoms with van der Waals surface area (Å²) < 4.78 is 65.6. The smallest absolute Gasteiger partial charge is 0.408 e. The lowest BCUT2D eigenvalue weighted by Gasteiger charge is -2.29. The van der Waals surface area contributed by atoms with Gasteiger partial charge in [-0.1, -0.05) is 29.8 Å². The molecule has 296 valence electrons. The van der Waals surface area contributed by atoms with Gasteiger partial charge in [0.1, 0.15) is 47.4 Å². The topological polar surface area (TPSA) is 162 Å². The van der Waals surface area contributed by atoms with Gasteiger partial charge in [0.15, 0.2) is 5.79 Å². The molecule has 0 aliphatic carbocycles. The van der Waals surface area contributed by atoms with E-state index in [1.807, 2.05) is 6.92 Å². The highest BCUT2D eigenvalue weighted by Crippen LogP contribution is 2.30. The van der Waals surface area contributed by atoms with Gasteiger partial charge >= 0.3 is 18.0 Å². The van der Waals surface area contributed by atoms with Gasteiger partial charge in [-0.05, 0) is 126 Å². The molecule has 1 aliphatic heterocycles. The molecule has 0 bridgehead atoms.